The molecule has 1 aromatic rings. The van der Waals surface area contributed by atoms with Crippen LogP contribution in [0.25, 0.3) is 0 Å². The Kier molecular flexibility index (Phi) is 3.58. The molecule has 0 radical (unpaired) electrons. The summed E-state index contributed by atoms with van der Waals surface area (Å²) in [5, 5.41) is 9.37. The van der Waals surface area contributed by atoms with E-state index in [1.54, 1.807) is 6.20 Å². The third-order valence-corrected chi connectivity index (χ3v) is 3.02. The predicted molar refractivity (Wildman–Crippen MR) is 57.8 cm³/mol. The number of carbonyl (C=O) groups is 1. The molecule has 1 heterocycles. The highest BCUT2D eigenvalue weighted by Crippen LogP contribution is 2.22. The molecule has 0 fully saturated rings. The maximum absolute atomic E-state index is 12.0. The smallest absolute Gasteiger partial charge is 0.353 e. The molecule has 0 aliphatic heterocycles. The number of halogens is 3. The number of aromatic amines is 1. The van der Waals surface area contributed by atoms with Crippen molar-refractivity contribution in [2.75, 3.05) is 0 Å². The first-order valence-electron chi connectivity index (χ1n) is 5.81. The number of amides is 1. The van der Waals surface area contributed by atoms with Crippen LogP contribution in [-0.2, 0) is 17.6 Å². The Balaban J connectivity index is 1.79. The number of alkyl halides is 3. The summed E-state index contributed by atoms with van der Waals surface area (Å²) in [5.74, 6) is -0.541. The number of nitrogens with zero attached hydrogens (tertiary/aromatic N) is 1. The number of carbonyl (C=O) groups excluding carboxylic acids is 1. The van der Waals surface area contributed by atoms with Gasteiger partial charge >= 0.3 is 6.18 Å². The SMILES string of the molecule is O=C(CCC(F)(F)F)NC1CCc2cn[nH]c2C1. The number of nitrogens with one attached hydrogen (secondary N) is 2. The van der Waals surface area contributed by atoms with Crippen LogP contribution in [0.15, 0.2) is 6.20 Å². The molecule has 0 bridgehead atoms. The molecule has 18 heavy (non-hydrogen) atoms. The Morgan fingerprint density at radius 3 is 3.06 bits per heavy atom. The van der Waals surface area contributed by atoms with Crippen molar-refractivity contribution in [3.05, 3.63) is 17.5 Å². The van der Waals surface area contributed by atoms with Crippen LogP contribution in [0.1, 0.15) is 30.5 Å². The van der Waals surface area contributed by atoms with Gasteiger partial charge in [-0.1, -0.05) is 0 Å². The maximum atomic E-state index is 12.0. The number of aromatic nitrogens is 2. The van der Waals surface area contributed by atoms with Gasteiger partial charge in [-0.15, -0.1) is 0 Å². The van der Waals surface area contributed by atoms with Crippen molar-refractivity contribution >= 4 is 5.91 Å². The van der Waals surface area contributed by atoms with Crippen LogP contribution in [0.2, 0.25) is 0 Å². The highest BCUT2D eigenvalue weighted by Gasteiger charge is 2.29. The second kappa shape index (κ2) is 4.99. The second-order valence-electron chi connectivity index (χ2n) is 4.50. The fraction of sp³-hybridized carbons (Fsp3) is 0.636. The summed E-state index contributed by atoms with van der Waals surface area (Å²) in [5.41, 5.74) is 2.08. The van der Waals surface area contributed by atoms with Crippen LogP contribution >= 0.6 is 0 Å². The Morgan fingerprint density at radius 2 is 2.33 bits per heavy atom. The summed E-state index contributed by atoms with van der Waals surface area (Å²) >= 11 is 0. The second-order valence-corrected chi connectivity index (χ2v) is 4.50. The number of hydrogen-bond donors (Lipinski definition) is 2. The molecule has 100 valence electrons. The third-order valence-electron chi connectivity index (χ3n) is 3.02. The minimum Gasteiger partial charge on any atom is -0.353 e. The summed E-state index contributed by atoms with van der Waals surface area (Å²) < 4.78 is 35.9. The minimum absolute atomic E-state index is 0.0984. The number of aryl methyl sites for hydroxylation is 1. The van der Waals surface area contributed by atoms with Gasteiger partial charge in [0, 0.05) is 24.6 Å². The lowest BCUT2D eigenvalue weighted by molar-refractivity contribution is -0.144. The molecule has 1 aliphatic rings. The van der Waals surface area contributed by atoms with Crippen molar-refractivity contribution < 1.29 is 18.0 Å². The van der Waals surface area contributed by atoms with E-state index in [0.717, 1.165) is 24.1 Å². The van der Waals surface area contributed by atoms with E-state index in [1.807, 2.05) is 0 Å². The Hall–Kier alpha value is -1.53. The van der Waals surface area contributed by atoms with Crippen LogP contribution in [0.5, 0.6) is 0 Å². The monoisotopic (exact) mass is 261 g/mol. The van der Waals surface area contributed by atoms with Crippen molar-refractivity contribution in [1.29, 1.82) is 0 Å². The standard InChI is InChI=1S/C11H14F3N3O/c12-11(13,14)4-3-10(18)16-8-2-1-7-6-15-17-9(7)5-8/h6,8H,1-5H2,(H,15,17)(H,16,18). The molecule has 0 spiro atoms. The van der Waals surface area contributed by atoms with Crippen molar-refractivity contribution in [2.45, 2.75) is 44.3 Å². The molecule has 1 aromatic heterocycles. The molecule has 0 saturated heterocycles. The minimum atomic E-state index is -4.28. The van der Waals surface area contributed by atoms with Gasteiger partial charge < -0.3 is 5.32 Å². The zero-order valence-corrected chi connectivity index (χ0v) is 9.68. The van der Waals surface area contributed by atoms with Crippen molar-refractivity contribution in [3.63, 3.8) is 0 Å². The Bertz CT molecular complexity index is 427. The average molecular weight is 261 g/mol. The van der Waals surface area contributed by atoms with Gasteiger partial charge in [0.05, 0.1) is 12.6 Å². The van der Waals surface area contributed by atoms with Gasteiger partial charge in [-0.3, -0.25) is 9.89 Å². The average Bonchev–Trinajstić information content (AvgIpc) is 2.72. The van der Waals surface area contributed by atoms with E-state index in [1.165, 1.54) is 0 Å². The summed E-state index contributed by atoms with van der Waals surface area (Å²) in [4.78, 5) is 11.4. The number of H-pyrrole nitrogens is 1. The normalized spacial score (nSPS) is 19.4. The summed E-state index contributed by atoms with van der Waals surface area (Å²) in [7, 11) is 0. The lowest BCUT2D eigenvalue weighted by Gasteiger charge is -2.22. The fourth-order valence-corrected chi connectivity index (χ4v) is 2.09. The van der Waals surface area contributed by atoms with Crippen molar-refractivity contribution in [3.8, 4) is 0 Å². The fourth-order valence-electron chi connectivity index (χ4n) is 2.09. The van der Waals surface area contributed by atoms with Gasteiger partial charge in [0.1, 0.15) is 0 Å². The van der Waals surface area contributed by atoms with Gasteiger partial charge in [-0.25, -0.2) is 0 Å². The summed E-state index contributed by atoms with van der Waals surface area (Å²) in [6, 6.07) is -0.0984. The highest BCUT2D eigenvalue weighted by atomic mass is 19.4. The molecular formula is C11H14F3N3O. The van der Waals surface area contributed by atoms with E-state index < -0.39 is 24.9 Å². The van der Waals surface area contributed by atoms with Gasteiger partial charge in [0.2, 0.25) is 5.91 Å². The van der Waals surface area contributed by atoms with E-state index in [4.69, 9.17) is 0 Å². The van der Waals surface area contributed by atoms with E-state index >= 15 is 0 Å². The Morgan fingerprint density at radius 1 is 1.56 bits per heavy atom. The maximum Gasteiger partial charge on any atom is 0.389 e. The molecule has 1 aliphatic carbocycles. The molecule has 7 heteroatoms. The quantitative estimate of drug-likeness (QED) is 0.870. The molecule has 0 aromatic carbocycles. The molecule has 1 amide bonds. The van der Waals surface area contributed by atoms with Crippen molar-refractivity contribution in [2.24, 2.45) is 0 Å². The topological polar surface area (TPSA) is 57.8 Å². The van der Waals surface area contributed by atoms with Crippen LogP contribution in [0, 0.1) is 0 Å². The van der Waals surface area contributed by atoms with Crippen LogP contribution in [-0.4, -0.2) is 28.3 Å². The lowest BCUT2D eigenvalue weighted by atomic mass is 9.93. The highest BCUT2D eigenvalue weighted by molar-refractivity contribution is 5.76. The first-order chi connectivity index (χ1) is 8.44. The van der Waals surface area contributed by atoms with E-state index in [2.05, 4.69) is 15.5 Å². The van der Waals surface area contributed by atoms with Gasteiger partial charge in [0.15, 0.2) is 0 Å². The third kappa shape index (κ3) is 3.48. The lowest BCUT2D eigenvalue weighted by Crippen LogP contribution is -2.39. The first-order valence-corrected chi connectivity index (χ1v) is 5.81. The number of rotatable bonds is 3. The number of fused-ring (bicyclic) bond motifs is 1. The van der Waals surface area contributed by atoms with E-state index in [-0.39, 0.29) is 6.04 Å². The molecule has 4 nitrogen and oxygen atoms in total. The van der Waals surface area contributed by atoms with Crippen LogP contribution in [0.4, 0.5) is 13.2 Å². The van der Waals surface area contributed by atoms with Crippen molar-refractivity contribution in [1.82, 2.24) is 15.5 Å². The molecule has 0 saturated carbocycles. The summed E-state index contributed by atoms with van der Waals surface area (Å²) in [6.45, 7) is 0. The molecule has 1 atom stereocenters. The predicted octanol–water partition coefficient (Wildman–Crippen LogP) is 1.73. The van der Waals surface area contributed by atoms with E-state index in [9.17, 15) is 18.0 Å². The zero-order valence-electron chi connectivity index (χ0n) is 9.68. The molecule has 2 N–H and O–H groups in total. The summed E-state index contributed by atoms with van der Waals surface area (Å²) in [6.07, 6.45) is -1.97. The first kappa shape index (κ1) is 12.9. The zero-order chi connectivity index (χ0) is 13.2. The molecular weight excluding hydrogens is 247 g/mol. The molecule has 1 unspecified atom stereocenters. The Labute approximate surface area is 102 Å². The van der Waals surface area contributed by atoms with Gasteiger partial charge in [0.25, 0.3) is 0 Å². The van der Waals surface area contributed by atoms with Gasteiger partial charge in [-0.05, 0) is 18.4 Å². The van der Waals surface area contributed by atoms with E-state index in [0.29, 0.717) is 6.42 Å². The molecule has 2 rings (SSSR count). The largest absolute Gasteiger partial charge is 0.389 e. The number of hydrogen-bond acceptors (Lipinski definition) is 2. The van der Waals surface area contributed by atoms with Crippen LogP contribution in [0.3, 0.4) is 0 Å². The van der Waals surface area contributed by atoms with Crippen LogP contribution < -0.4 is 5.32 Å². The van der Waals surface area contributed by atoms with Gasteiger partial charge in [-0.2, -0.15) is 18.3 Å².